The van der Waals surface area contributed by atoms with Crippen molar-refractivity contribution in [3.63, 3.8) is 0 Å². The molecular weight excluding hydrogens is 302 g/mol. The number of ether oxygens (including phenoxy) is 1. The van der Waals surface area contributed by atoms with Crippen LogP contribution in [0, 0.1) is 0 Å². The molecule has 128 valence electrons. The SMILES string of the molecule is CN(c1ccc2ncccc2c1)[C@@H]1CCN(C(=O)OC(C)(C)C)C1. The van der Waals surface area contributed by atoms with Crippen LogP contribution in [0.1, 0.15) is 27.2 Å². The number of pyridine rings is 1. The zero-order valence-corrected chi connectivity index (χ0v) is 14.8. The molecule has 5 nitrogen and oxygen atoms in total. The van der Waals surface area contributed by atoms with Crippen LogP contribution in [0.25, 0.3) is 10.9 Å². The first-order chi connectivity index (χ1) is 11.3. The molecule has 0 radical (unpaired) electrons. The van der Waals surface area contributed by atoms with E-state index >= 15 is 0 Å². The van der Waals surface area contributed by atoms with Crippen LogP contribution in [0.3, 0.4) is 0 Å². The van der Waals surface area contributed by atoms with E-state index in [1.807, 2.05) is 32.9 Å². The van der Waals surface area contributed by atoms with Crippen molar-refractivity contribution < 1.29 is 9.53 Å². The van der Waals surface area contributed by atoms with E-state index in [-0.39, 0.29) is 6.09 Å². The largest absolute Gasteiger partial charge is 0.444 e. The monoisotopic (exact) mass is 327 g/mol. The summed E-state index contributed by atoms with van der Waals surface area (Å²) in [5.74, 6) is 0. The van der Waals surface area contributed by atoms with Crippen LogP contribution in [0.4, 0.5) is 10.5 Å². The summed E-state index contributed by atoms with van der Waals surface area (Å²) in [6, 6.07) is 10.6. The summed E-state index contributed by atoms with van der Waals surface area (Å²) in [5.41, 5.74) is 1.69. The lowest BCUT2D eigenvalue weighted by atomic mass is 10.1. The van der Waals surface area contributed by atoms with Crippen molar-refractivity contribution in [1.29, 1.82) is 0 Å². The second kappa shape index (κ2) is 6.30. The minimum absolute atomic E-state index is 0.221. The summed E-state index contributed by atoms with van der Waals surface area (Å²) >= 11 is 0. The number of likely N-dealkylation sites (tertiary alicyclic amines) is 1. The molecule has 24 heavy (non-hydrogen) atoms. The number of anilines is 1. The van der Waals surface area contributed by atoms with Crippen molar-refractivity contribution in [3.05, 3.63) is 36.5 Å². The number of hydrogen-bond acceptors (Lipinski definition) is 4. The highest BCUT2D eigenvalue weighted by Gasteiger charge is 2.31. The Kier molecular flexibility index (Phi) is 4.35. The Bertz CT molecular complexity index is 739. The summed E-state index contributed by atoms with van der Waals surface area (Å²) in [7, 11) is 2.08. The van der Waals surface area contributed by atoms with Crippen molar-refractivity contribution in [2.45, 2.75) is 38.8 Å². The smallest absolute Gasteiger partial charge is 0.410 e. The fourth-order valence-corrected chi connectivity index (χ4v) is 3.04. The maximum atomic E-state index is 12.2. The molecule has 0 aliphatic carbocycles. The summed E-state index contributed by atoms with van der Waals surface area (Å²) in [6.07, 6.45) is 2.53. The zero-order chi connectivity index (χ0) is 17.3. The first-order valence-electron chi connectivity index (χ1n) is 8.39. The van der Waals surface area contributed by atoms with E-state index < -0.39 is 5.60 Å². The van der Waals surface area contributed by atoms with Crippen LogP contribution >= 0.6 is 0 Å². The number of aromatic nitrogens is 1. The van der Waals surface area contributed by atoms with Gasteiger partial charge in [-0.25, -0.2) is 4.79 Å². The molecule has 0 N–H and O–H groups in total. The number of benzene rings is 1. The molecule has 1 fully saturated rings. The van der Waals surface area contributed by atoms with E-state index in [4.69, 9.17) is 4.74 Å². The van der Waals surface area contributed by atoms with Gasteiger partial charge < -0.3 is 14.5 Å². The highest BCUT2D eigenvalue weighted by atomic mass is 16.6. The molecule has 1 atom stereocenters. The minimum atomic E-state index is -0.452. The molecule has 2 aromatic rings. The number of rotatable bonds is 2. The first kappa shape index (κ1) is 16.6. The maximum Gasteiger partial charge on any atom is 0.410 e. The van der Waals surface area contributed by atoms with Gasteiger partial charge in [-0.3, -0.25) is 4.98 Å². The molecule has 1 aliphatic heterocycles. The van der Waals surface area contributed by atoms with E-state index in [1.54, 1.807) is 11.1 Å². The van der Waals surface area contributed by atoms with Crippen molar-refractivity contribution >= 4 is 22.7 Å². The molecule has 0 unspecified atom stereocenters. The summed E-state index contributed by atoms with van der Waals surface area (Å²) in [5, 5.41) is 1.13. The molecule has 1 aromatic carbocycles. The van der Waals surface area contributed by atoms with Gasteiger partial charge in [-0.2, -0.15) is 0 Å². The van der Waals surface area contributed by atoms with Crippen LogP contribution in [-0.4, -0.2) is 47.8 Å². The molecule has 1 saturated heterocycles. The predicted octanol–water partition coefficient (Wildman–Crippen LogP) is 3.68. The number of carbonyl (C=O) groups excluding carboxylic acids is 1. The van der Waals surface area contributed by atoms with Crippen molar-refractivity contribution in [2.75, 3.05) is 25.0 Å². The van der Waals surface area contributed by atoms with E-state index in [0.717, 1.165) is 29.6 Å². The molecule has 3 rings (SSSR count). The molecule has 0 bridgehead atoms. The Hall–Kier alpha value is -2.30. The highest BCUT2D eigenvalue weighted by molar-refractivity contribution is 5.82. The maximum absolute atomic E-state index is 12.2. The fraction of sp³-hybridized carbons (Fsp3) is 0.474. The summed E-state index contributed by atoms with van der Waals surface area (Å²) in [4.78, 5) is 20.6. The van der Waals surface area contributed by atoms with Crippen LogP contribution in [0.15, 0.2) is 36.5 Å². The van der Waals surface area contributed by atoms with Gasteiger partial charge in [0, 0.05) is 43.4 Å². The molecule has 0 spiro atoms. The Morgan fingerprint density at radius 1 is 1.33 bits per heavy atom. The van der Waals surface area contributed by atoms with E-state index in [0.29, 0.717) is 12.6 Å². The van der Waals surface area contributed by atoms with Gasteiger partial charge in [0.1, 0.15) is 5.60 Å². The van der Waals surface area contributed by atoms with Crippen LogP contribution < -0.4 is 4.90 Å². The first-order valence-corrected chi connectivity index (χ1v) is 8.39. The number of hydrogen-bond donors (Lipinski definition) is 0. The third-order valence-electron chi connectivity index (χ3n) is 4.36. The molecule has 2 heterocycles. The third kappa shape index (κ3) is 3.61. The molecule has 1 aliphatic rings. The lowest BCUT2D eigenvalue weighted by molar-refractivity contribution is 0.0292. The fourth-order valence-electron chi connectivity index (χ4n) is 3.04. The Labute approximate surface area is 143 Å². The second-order valence-electron chi connectivity index (χ2n) is 7.36. The average Bonchev–Trinajstić information content (AvgIpc) is 3.02. The van der Waals surface area contributed by atoms with Gasteiger partial charge in [0.2, 0.25) is 0 Å². The highest BCUT2D eigenvalue weighted by Crippen LogP contribution is 2.25. The Balaban J connectivity index is 1.69. The number of amides is 1. The van der Waals surface area contributed by atoms with Crippen LogP contribution in [0.2, 0.25) is 0 Å². The number of likely N-dealkylation sites (N-methyl/N-ethyl adjacent to an activating group) is 1. The lowest BCUT2D eigenvalue weighted by Gasteiger charge is -2.28. The summed E-state index contributed by atoms with van der Waals surface area (Å²) in [6.45, 7) is 7.12. The molecule has 1 amide bonds. The zero-order valence-electron chi connectivity index (χ0n) is 14.8. The van der Waals surface area contributed by atoms with Gasteiger partial charge in [0.15, 0.2) is 0 Å². The standard InChI is InChI=1S/C19H25N3O2/c1-19(2,3)24-18(23)22-11-9-16(13-22)21(4)15-7-8-17-14(12-15)6-5-10-20-17/h5-8,10,12,16H,9,11,13H2,1-4H3/t16-/m1/s1. The van der Waals surface area contributed by atoms with E-state index in [9.17, 15) is 4.79 Å². The van der Waals surface area contributed by atoms with Gasteiger partial charge in [-0.15, -0.1) is 0 Å². The Morgan fingerprint density at radius 3 is 2.88 bits per heavy atom. The Morgan fingerprint density at radius 2 is 2.12 bits per heavy atom. The topological polar surface area (TPSA) is 45.7 Å². The summed E-state index contributed by atoms with van der Waals surface area (Å²) < 4.78 is 5.47. The van der Waals surface area contributed by atoms with Gasteiger partial charge in [0.25, 0.3) is 0 Å². The van der Waals surface area contributed by atoms with Gasteiger partial charge in [0.05, 0.1) is 5.52 Å². The normalized spacial score (nSPS) is 18.0. The average molecular weight is 327 g/mol. The van der Waals surface area contributed by atoms with E-state index in [1.165, 1.54) is 0 Å². The number of fused-ring (bicyclic) bond motifs is 1. The molecule has 1 aromatic heterocycles. The number of nitrogens with zero attached hydrogens (tertiary/aromatic N) is 3. The van der Waals surface area contributed by atoms with Crippen LogP contribution in [0.5, 0.6) is 0 Å². The van der Waals surface area contributed by atoms with Crippen molar-refractivity contribution in [2.24, 2.45) is 0 Å². The van der Waals surface area contributed by atoms with Crippen LogP contribution in [-0.2, 0) is 4.74 Å². The molecule has 0 saturated carbocycles. The third-order valence-corrected chi connectivity index (χ3v) is 4.36. The van der Waals surface area contributed by atoms with Crippen molar-refractivity contribution in [1.82, 2.24) is 9.88 Å². The van der Waals surface area contributed by atoms with Gasteiger partial charge in [-0.1, -0.05) is 6.07 Å². The quantitative estimate of drug-likeness (QED) is 0.844. The van der Waals surface area contributed by atoms with E-state index in [2.05, 4.69) is 35.1 Å². The van der Waals surface area contributed by atoms with Crippen molar-refractivity contribution in [3.8, 4) is 0 Å². The second-order valence-corrected chi connectivity index (χ2v) is 7.36. The molecular formula is C19H25N3O2. The number of carbonyl (C=O) groups is 1. The van der Waals surface area contributed by atoms with Gasteiger partial charge in [-0.05, 0) is 51.5 Å². The minimum Gasteiger partial charge on any atom is -0.444 e. The lowest BCUT2D eigenvalue weighted by Crippen LogP contribution is -2.39. The van der Waals surface area contributed by atoms with Gasteiger partial charge >= 0.3 is 6.09 Å². The predicted molar refractivity (Wildman–Crippen MR) is 96.4 cm³/mol. The molecule has 5 heteroatoms.